The Morgan fingerprint density at radius 2 is 1.72 bits per heavy atom. The van der Waals surface area contributed by atoms with Crippen molar-refractivity contribution in [2.24, 2.45) is 17.8 Å². The van der Waals surface area contributed by atoms with Gasteiger partial charge in [0.05, 0.1) is 5.92 Å². The summed E-state index contributed by atoms with van der Waals surface area (Å²) in [7, 11) is 0. The van der Waals surface area contributed by atoms with Crippen molar-refractivity contribution in [2.75, 3.05) is 6.54 Å². The minimum Gasteiger partial charge on any atom is -0.481 e. The third-order valence-corrected chi connectivity index (χ3v) is 4.99. The molecule has 0 radical (unpaired) electrons. The van der Waals surface area contributed by atoms with Gasteiger partial charge in [-0.05, 0) is 50.9 Å². The molecule has 0 aromatic rings. The molecule has 0 amide bonds. The van der Waals surface area contributed by atoms with Gasteiger partial charge in [0.2, 0.25) is 0 Å². The lowest BCUT2D eigenvalue weighted by atomic mass is 9.76. The molecule has 104 valence electrons. The Labute approximate surface area is 111 Å². The standard InChI is InChI=1S/C15H27NO2/c1-10-5-7-13(15(17)18)14(8-10)16-9-11(2)4-6-12(16)3/h10-14H,4-9H2,1-3H3,(H,17,18). The van der Waals surface area contributed by atoms with Crippen LogP contribution < -0.4 is 0 Å². The minimum absolute atomic E-state index is 0.144. The first-order chi connectivity index (χ1) is 8.49. The lowest BCUT2D eigenvalue weighted by Gasteiger charge is -2.47. The molecule has 1 aliphatic heterocycles. The van der Waals surface area contributed by atoms with Crippen LogP contribution in [0.2, 0.25) is 0 Å². The van der Waals surface area contributed by atoms with E-state index in [2.05, 4.69) is 25.7 Å². The maximum absolute atomic E-state index is 11.5. The zero-order valence-corrected chi connectivity index (χ0v) is 11.9. The van der Waals surface area contributed by atoms with Crippen molar-refractivity contribution in [3.63, 3.8) is 0 Å². The lowest BCUT2D eigenvalue weighted by molar-refractivity contribution is -0.147. The number of piperidine rings is 1. The van der Waals surface area contributed by atoms with E-state index in [9.17, 15) is 9.90 Å². The van der Waals surface area contributed by atoms with Gasteiger partial charge in [-0.15, -0.1) is 0 Å². The number of nitrogens with zero attached hydrogens (tertiary/aromatic N) is 1. The minimum atomic E-state index is -0.586. The summed E-state index contributed by atoms with van der Waals surface area (Å²) in [5.41, 5.74) is 0. The molecule has 3 heteroatoms. The maximum atomic E-state index is 11.5. The van der Waals surface area contributed by atoms with Crippen LogP contribution in [0, 0.1) is 17.8 Å². The van der Waals surface area contributed by atoms with Crippen molar-refractivity contribution < 1.29 is 9.90 Å². The molecule has 1 saturated carbocycles. The molecule has 2 rings (SSSR count). The first-order valence-corrected chi connectivity index (χ1v) is 7.47. The van der Waals surface area contributed by atoms with Gasteiger partial charge >= 0.3 is 5.97 Å². The van der Waals surface area contributed by atoms with Crippen molar-refractivity contribution in [2.45, 2.75) is 65.0 Å². The molecule has 1 N–H and O–H groups in total. The molecule has 18 heavy (non-hydrogen) atoms. The van der Waals surface area contributed by atoms with Gasteiger partial charge in [-0.3, -0.25) is 9.69 Å². The van der Waals surface area contributed by atoms with E-state index in [4.69, 9.17) is 0 Å². The van der Waals surface area contributed by atoms with Crippen molar-refractivity contribution in [3.8, 4) is 0 Å². The zero-order chi connectivity index (χ0) is 13.3. The van der Waals surface area contributed by atoms with E-state index in [0.717, 1.165) is 25.8 Å². The molecule has 5 atom stereocenters. The van der Waals surface area contributed by atoms with Gasteiger partial charge in [0.1, 0.15) is 0 Å². The van der Waals surface area contributed by atoms with Crippen LogP contribution in [0.25, 0.3) is 0 Å². The van der Waals surface area contributed by atoms with Crippen LogP contribution in [0.15, 0.2) is 0 Å². The number of carboxylic acid groups (broad SMARTS) is 1. The van der Waals surface area contributed by atoms with E-state index < -0.39 is 5.97 Å². The molecule has 5 unspecified atom stereocenters. The molecular formula is C15H27NO2. The molecular weight excluding hydrogens is 226 g/mol. The second-order valence-corrected chi connectivity index (χ2v) is 6.66. The molecule has 1 saturated heterocycles. The summed E-state index contributed by atoms with van der Waals surface area (Å²) in [6.45, 7) is 7.91. The second-order valence-electron chi connectivity index (χ2n) is 6.66. The second kappa shape index (κ2) is 5.60. The molecule has 0 bridgehead atoms. The van der Waals surface area contributed by atoms with Gasteiger partial charge in [0, 0.05) is 18.6 Å². The van der Waals surface area contributed by atoms with Crippen LogP contribution in [0.3, 0.4) is 0 Å². The Hall–Kier alpha value is -0.570. The van der Waals surface area contributed by atoms with Gasteiger partial charge in [-0.25, -0.2) is 0 Å². The van der Waals surface area contributed by atoms with Crippen LogP contribution in [0.4, 0.5) is 0 Å². The normalized spacial score (nSPS) is 42.7. The number of hydrogen-bond donors (Lipinski definition) is 1. The SMILES string of the molecule is CC1CCC(C(=O)O)C(N2CC(C)CCC2C)C1. The summed E-state index contributed by atoms with van der Waals surface area (Å²) in [5, 5.41) is 9.45. The third-order valence-electron chi connectivity index (χ3n) is 4.99. The summed E-state index contributed by atoms with van der Waals surface area (Å²) < 4.78 is 0. The summed E-state index contributed by atoms with van der Waals surface area (Å²) in [6, 6.07) is 0.822. The topological polar surface area (TPSA) is 40.5 Å². The molecule has 3 nitrogen and oxygen atoms in total. The van der Waals surface area contributed by atoms with Crippen molar-refractivity contribution in [3.05, 3.63) is 0 Å². The fraction of sp³-hybridized carbons (Fsp3) is 0.933. The molecule has 2 aliphatic rings. The maximum Gasteiger partial charge on any atom is 0.308 e. The number of hydrogen-bond acceptors (Lipinski definition) is 2. The molecule has 1 heterocycles. The van der Waals surface area contributed by atoms with Crippen molar-refractivity contribution in [1.82, 2.24) is 4.90 Å². The fourth-order valence-electron chi connectivity index (χ4n) is 3.79. The Balaban J connectivity index is 2.13. The zero-order valence-electron chi connectivity index (χ0n) is 11.9. The number of carboxylic acids is 1. The predicted molar refractivity (Wildman–Crippen MR) is 72.5 cm³/mol. The summed E-state index contributed by atoms with van der Waals surface area (Å²) >= 11 is 0. The van der Waals surface area contributed by atoms with Crippen LogP contribution in [0.5, 0.6) is 0 Å². The van der Waals surface area contributed by atoms with Crippen LogP contribution in [-0.2, 0) is 4.79 Å². The van der Waals surface area contributed by atoms with E-state index in [0.29, 0.717) is 17.9 Å². The average molecular weight is 253 g/mol. The summed E-state index contributed by atoms with van der Waals surface area (Å²) in [4.78, 5) is 14.0. The number of rotatable bonds is 2. The van der Waals surface area contributed by atoms with E-state index in [-0.39, 0.29) is 12.0 Å². The highest BCUT2D eigenvalue weighted by molar-refractivity contribution is 5.71. The summed E-state index contributed by atoms with van der Waals surface area (Å²) in [5.74, 6) is 0.661. The van der Waals surface area contributed by atoms with E-state index >= 15 is 0 Å². The van der Waals surface area contributed by atoms with Crippen LogP contribution in [0.1, 0.15) is 52.9 Å². The Morgan fingerprint density at radius 1 is 1.06 bits per heavy atom. The van der Waals surface area contributed by atoms with Gasteiger partial charge < -0.3 is 5.11 Å². The number of carbonyl (C=O) groups is 1. The molecule has 0 aromatic heterocycles. The molecule has 0 aromatic carbocycles. The van der Waals surface area contributed by atoms with E-state index in [1.807, 2.05) is 0 Å². The van der Waals surface area contributed by atoms with E-state index in [1.165, 1.54) is 12.8 Å². The molecule has 1 aliphatic carbocycles. The lowest BCUT2D eigenvalue weighted by Crippen LogP contribution is -2.53. The van der Waals surface area contributed by atoms with Crippen LogP contribution >= 0.6 is 0 Å². The third kappa shape index (κ3) is 2.87. The largest absolute Gasteiger partial charge is 0.481 e. The highest BCUT2D eigenvalue weighted by Gasteiger charge is 2.40. The number of likely N-dealkylation sites (tertiary alicyclic amines) is 1. The van der Waals surface area contributed by atoms with Gasteiger partial charge in [-0.2, -0.15) is 0 Å². The monoisotopic (exact) mass is 253 g/mol. The van der Waals surface area contributed by atoms with Crippen molar-refractivity contribution >= 4 is 5.97 Å². The first-order valence-electron chi connectivity index (χ1n) is 7.47. The number of aliphatic carboxylic acids is 1. The Morgan fingerprint density at radius 3 is 2.39 bits per heavy atom. The van der Waals surface area contributed by atoms with Gasteiger partial charge in [0.25, 0.3) is 0 Å². The van der Waals surface area contributed by atoms with Crippen molar-refractivity contribution in [1.29, 1.82) is 0 Å². The van der Waals surface area contributed by atoms with E-state index in [1.54, 1.807) is 0 Å². The average Bonchev–Trinajstić information content (AvgIpc) is 2.31. The summed E-state index contributed by atoms with van der Waals surface area (Å²) in [6.07, 6.45) is 5.51. The fourth-order valence-corrected chi connectivity index (χ4v) is 3.79. The smallest absolute Gasteiger partial charge is 0.308 e. The predicted octanol–water partition coefficient (Wildman–Crippen LogP) is 3.00. The highest BCUT2D eigenvalue weighted by atomic mass is 16.4. The molecule has 2 fully saturated rings. The van der Waals surface area contributed by atoms with Gasteiger partial charge in [0.15, 0.2) is 0 Å². The van der Waals surface area contributed by atoms with Gasteiger partial charge in [-0.1, -0.05) is 13.8 Å². The first kappa shape index (κ1) is 13.9. The Bertz CT molecular complexity index is 305. The highest BCUT2D eigenvalue weighted by Crippen LogP contribution is 2.36. The van der Waals surface area contributed by atoms with Crippen LogP contribution in [-0.4, -0.2) is 34.6 Å². The quantitative estimate of drug-likeness (QED) is 0.822. The Kier molecular flexibility index (Phi) is 4.31. The molecule has 0 spiro atoms.